The van der Waals surface area contributed by atoms with Crippen LogP contribution >= 0.6 is 0 Å². The summed E-state index contributed by atoms with van der Waals surface area (Å²) in [7, 11) is 1.54. The zero-order valence-corrected chi connectivity index (χ0v) is 17.5. The maximum absolute atomic E-state index is 13.9. The van der Waals surface area contributed by atoms with Crippen molar-refractivity contribution in [1.29, 1.82) is 5.26 Å². The SMILES string of the molecule is CNc1nc(-c2c[nH]c3c(F)cc(C#N)cc23)ncc1F.O=C(O)[C@@H]1CC2CCC1CC2. The van der Waals surface area contributed by atoms with Gasteiger partial charge in [-0.15, -0.1) is 0 Å². The molecule has 2 bridgehead atoms. The van der Waals surface area contributed by atoms with E-state index in [9.17, 15) is 13.6 Å². The van der Waals surface area contributed by atoms with E-state index in [0.717, 1.165) is 24.6 Å². The minimum atomic E-state index is -0.579. The molecule has 3 N–H and O–H groups in total. The third-order valence-electron chi connectivity index (χ3n) is 6.46. The Bertz CT molecular complexity index is 1200. The molecule has 0 saturated heterocycles. The number of hydrogen-bond donors (Lipinski definition) is 3. The molecule has 0 radical (unpaired) electrons. The largest absolute Gasteiger partial charge is 0.481 e. The predicted molar refractivity (Wildman–Crippen MR) is 115 cm³/mol. The number of nitrogens with one attached hydrogen (secondary N) is 2. The molecule has 166 valence electrons. The summed E-state index contributed by atoms with van der Waals surface area (Å²) in [5, 5.41) is 20.9. The molecule has 0 spiro atoms. The van der Waals surface area contributed by atoms with Gasteiger partial charge in [-0.2, -0.15) is 5.26 Å². The highest BCUT2D eigenvalue weighted by atomic mass is 19.1. The van der Waals surface area contributed by atoms with Crippen LogP contribution in [0.25, 0.3) is 22.3 Å². The summed E-state index contributed by atoms with van der Waals surface area (Å²) in [6, 6.07) is 4.58. The molecule has 0 unspecified atom stereocenters. The minimum Gasteiger partial charge on any atom is -0.481 e. The second-order valence-electron chi connectivity index (χ2n) is 8.30. The number of fused-ring (bicyclic) bond motifs is 4. The molecule has 3 fully saturated rings. The summed E-state index contributed by atoms with van der Waals surface area (Å²) in [4.78, 5) is 21.5. The van der Waals surface area contributed by atoms with Gasteiger partial charge in [-0.25, -0.2) is 18.7 Å². The Hall–Kier alpha value is -3.54. The van der Waals surface area contributed by atoms with E-state index in [4.69, 9.17) is 10.4 Å². The first-order valence-corrected chi connectivity index (χ1v) is 10.6. The fourth-order valence-electron chi connectivity index (χ4n) is 4.79. The molecule has 3 aliphatic carbocycles. The van der Waals surface area contributed by atoms with Gasteiger partial charge in [0.1, 0.15) is 5.82 Å². The summed E-state index contributed by atoms with van der Waals surface area (Å²) < 4.78 is 27.3. The molecule has 9 heteroatoms. The average Bonchev–Trinajstić information content (AvgIpc) is 3.25. The van der Waals surface area contributed by atoms with Crippen molar-refractivity contribution in [3.63, 3.8) is 0 Å². The summed E-state index contributed by atoms with van der Waals surface area (Å²) in [6.07, 6.45) is 8.44. The number of H-pyrrole nitrogens is 1. The van der Waals surface area contributed by atoms with E-state index in [0.29, 0.717) is 16.9 Å². The number of carbonyl (C=O) groups is 1. The van der Waals surface area contributed by atoms with Crippen molar-refractivity contribution >= 4 is 22.7 Å². The number of benzene rings is 1. The van der Waals surface area contributed by atoms with Crippen LogP contribution in [-0.2, 0) is 4.79 Å². The average molecular weight is 439 g/mol. The number of nitrogens with zero attached hydrogens (tertiary/aromatic N) is 3. The highest BCUT2D eigenvalue weighted by Gasteiger charge is 2.39. The van der Waals surface area contributed by atoms with Gasteiger partial charge in [0, 0.05) is 24.2 Å². The van der Waals surface area contributed by atoms with Gasteiger partial charge in [-0.3, -0.25) is 4.79 Å². The van der Waals surface area contributed by atoms with Crippen LogP contribution in [0.2, 0.25) is 0 Å². The summed E-state index contributed by atoms with van der Waals surface area (Å²) >= 11 is 0. The Balaban J connectivity index is 0.000000186. The van der Waals surface area contributed by atoms with Crippen LogP contribution in [0.5, 0.6) is 0 Å². The smallest absolute Gasteiger partial charge is 0.306 e. The number of hydrogen-bond acceptors (Lipinski definition) is 5. The van der Waals surface area contributed by atoms with Crippen molar-refractivity contribution in [2.75, 3.05) is 12.4 Å². The second-order valence-corrected chi connectivity index (χ2v) is 8.30. The maximum atomic E-state index is 13.9. The van der Waals surface area contributed by atoms with Gasteiger partial charge >= 0.3 is 5.97 Å². The first-order chi connectivity index (χ1) is 15.4. The molecular formula is C23H23F2N5O2. The van der Waals surface area contributed by atoms with Crippen molar-refractivity contribution in [3.05, 3.63) is 41.7 Å². The molecule has 3 saturated carbocycles. The molecule has 2 heterocycles. The highest BCUT2D eigenvalue weighted by molar-refractivity contribution is 5.95. The lowest BCUT2D eigenvalue weighted by atomic mass is 9.65. The molecule has 1 aromatic carbocycles. The standard InChI is InChI=1S/C14H9F2N5.C9H14O2/c1-18-14-11(16)6-20-13(21-14)9-5-19-12-8(9)2-7(4-17)3-10(12)15;10-9(11)8-5-6-1-3-7(8)4-2-6/h2-3,5-6,19H,1H3,(H,18,20,21);6-8H,1-5H2,(H,10,11)/t;6?,7?,8-/m.1/s1. The number of anilines is 1. The van der Waals surface area contributed by atoms with Gasteiger partial charge in [0.25, 0.3) is 0 Å². The summed E-state index contributed by atoms with van der Waals surface area (Å²) in [5.74, 6) is -0.135. The number of carboxylic acids is 1. The van der Waals surface area contributed by atoms with Crippen LogP contribution in [-0.4, -0.2) is 33.1 Å². The van der Waals surface area contributed by atoms with Crippen molar-refractivity contribution in [3.8, 4) is 17.5 Å². The predicted octanol–water partition coefficient (Wildman–Crippen LogP) is 4.71. The van der Waals surface area contributed by atoms with Crippen molar-refractivity contribution in [2.24, 2.45) is 17.8 Å². The number of rotatable bonds is 3. The highest BCUT2D eigenvalue weighted by Crippen LogP contribution is 2.44. The van der Waals surface area contributed by atoms with Crippen molar-refractivity contribution in [2.45, 2.75) is 32.1 Å². The van der Waals surface area contributed by atoms with Crippen LogP contribution in [0.4, 0.5) is 14.6 Å². The van der Waals surface area contributed by atoms with E-state index in [1.165, 1.54) is 45.0 Å². The van der Waals surface area contributed by atoms with E-state index in [-0.39, 0.29) is 28.6 Å². The zero-order valence-electron chi connectivity index (χ0n) is 17.5. The lowest BCUT2D eigenvalue weighted by Gasteiger charge is -2.40. The van der Waals surface area contributed by atoms with Crippen LogP contribution in [0.15, 0.2) is 24.5 Å². The van der Waals surface area contributed by atoms with E-state index in [2.05, 4.69) is 20.3 Å². The monoisotopic (exact) mass is 439 g/mol. The fraction of sp³-hybridized carbons (Fsp3) is 0.391. The summed E-state index contributed by atoms with van der Waals surface area (Å²) in [5.41, 5.74) is 0.942. The van der Waals surface area contributed by atoms with E-state index < -0.39 is 17.6 Å². The molecule has 2 aromatic heterocycles. The van der Waals surface area contributed by atoms with Crippen LogP contribution in [0.3, 0.4) is 0 Å². The second kappa shape index (κ2) is 8.91. The number of carboxylic acid groups (broad SMARTS) is 1. The van der Waals surface area contributed by atoms with Gasteiger partial charge in [0.05, 0.1) is 29.3 Å². The van der Waals surface area contributed by atoms with E-state index >= 15 is 0 Å². The quantitative estimate of drug-likeness (QED) is 0.544. The van der Waals surface area contributed by atoms with Crippen LogP contribution in [0, 0.1) is 40.7 Å². The molecule has 3 aromatic rings. The number of aliphatic carboxylic acids is 1. The number of aromatic amines is 1. The zero-order chi connectivity index (χ0) is 22.8. The third-order valence-corrected chi connectivity index (χ3v) is 6.46. The molecule has 6 rings (SSSR count). The van der Waals surface area contributed by atoms with Gasteiger partial charge in [0.2, 0.25) is 0 Å². The van der Waals surface area contributed by atoms with Gasteiger partial charge in [-0.1, -0.05) is 12.8 Å². The fourth-order valence-corrected chi connectivity index (χ4v) is 4.79. The lowest BCUT2D eigenvalue weighted by Crippen LogP contribution is -2.35. The van der Waals surface area contributed by atoms with Gasteiger partial charge in [0.15, 0.2) is 17.5 Å². The summed E-state index contributed by atoms with van der Waals surface area (Å²) in [6.45, 7) is 0. The molecule has 0 aliphatic heterocycles. The Labute approximate surface area is 183 Å². The first-order valence-electron chi connectivity index (χ1n) is 10.6. The Morgan fingerprint density at radius 2 is 2.00 bits per heavy atom. The molecule has 0 amide bonds. The number of aromatic nitrogens is 3. The number of halogens is 2. The molecule has 3 aliphatic rings. The third kappa shape index (κ3) is 4.13. The van der Waals surface area contributed by atoms with Gasteiger partial charge in [-0.05, 0) is 43.2 Å². The molecule has 1 atom stereocenters. The molecule has 32 heavy (non-hydrogen) atoms. The Morgan fingerprint density at radius 1 is 1.25 bits per heavy atom. The minimum absolute atomic E-state index is 0.00231. The van der Waals surface area contributed by atoms with E-state index in [1.54, 1.807) is 0 Å². The van der Waals surface area contributed by atoms with Crippen LogP contribution in [0.1, 0.15) is 37.7 Å². The maximum Gasteiger partial charge on any atom is 0.306 e. The van der Waals surface area contributed by atoms with Crippen molar-refractivity contribution < 1.29 is 18.7 Å². The normalized spacial score (nSPS) is 21.5. The Morgan fingerprint density at radius 3 is 2.56 bits per heavy atom. The lowest BCUT2D eigenvalue weighted by molar-refractivity contribution is -0.147. The Kier molecular flexibility index (Phi) is 6.04. The van der Waals surface area contributed by atoms with Crippen LogP contribution < -0.4 is 5.32 Å². The van der Waals surface area contributed by atoms with E-state index in [1.807, 2.05) is 6.07 Å². The van der Waals surface area contributed by atoms with Gasteiger partial charge < -0.3 is 15.4 Å². The van der Waals surface area contributed by atoms with Crippen molar-refractivity contribution in [1.82, 2.24) is 15.0 Å². The number of nitriles is 1. The topological polar surface area (TPSA) is 115 Å². The first kappa shape index (κ1) is 21.7. The molecular weight excluding hydrogens is 416 g/mol. The molecule has 7 nitrogen and oxygen atoms in total.